The molecule has 2 rings (SSSR count). The quantitative estimate of drug-likeness (QED) is 0.836. The molecule has 1 aromatic rings. The summed E-state index contributed by atoms with van der Waals surface area (Å²) in [5.41, 5.74) is 2.12. The number of carbonyl (C=O) groups excluding carboxylic acids is 2. The normalized spacial score (nSPS) is 15.5. The first-order valence-corrected chi connectivity index (χ1v) is 8.66. The number of hydrogen-bond acceptors (Lipinski definition) is 2. The fourth-order valence-corrected chi connectivity index (χ4v) is 3.00. The third-order valence-electron chi connectivity index (χ3n) is 4.72. The SMILES string of the molecule is CCc1ccc(N(CCC(=O)N2CCC(C)CC2)C(C)=O)cc1. The molecule has 0 radical (unpaired) electrons. The van der Waals surface area contributed by atoms with Gasteiger partial charge in [0.15, 0.2) is 0 Å². The molecule has 1 aliphatic heterocycles. The van der Waals surface area contributed by atoms with E-state index in [4.69, 9.17) is 0 Å². The van der Waals surface area contributed by atoms with Gasteiger partial charge < -0.3 is 9.80 Å². The Labute approximate surface area is 139 Å². The highest BCUT2D eigenvalue weighted by Crippen LogP contribution is 2.19. The Morgan fingerprint density at radius 2 is 1.78 bits per heavy atom. The molecule has 0 aliphatic carbocycles. The van der Waals surface area contributed by atoms with Crippen molar-refractivity contribution in [2.45, 2.75) is 46.5 Å². The molecule has 0 atom stereocenters. The Morgan fingerprint density at radius 1 is 1.17 bits per heavy atom. The van der Waals surface area contributed by atoms with Gasteiger partial charge >= 0.3 is 0 Å². The molecule has 4 nitrogen and oxygen atoms in total. The van der Waals surface area contributed by atoms with Crippen LogP contribution in [0, 0.1) is 5.92 Å². The summed E-state index contributed by atoms with van der Waals surface area (Å²) in [5, 5.41) is 0. The first-order chi connectivity index (χ1) is 11.0. The molecule has 1 fully saturated rings. The lowest BCUT2D eigenvalue weighted by Crippen LogP contribution is -2.40. The Bertz CT molecular complexity index is 531. The second-order valence-electron chi connectivity index (χ2n) is 6.50. The molecule has 1 saturated heterocycles. The van der Waals surface area contributed by atoms with E-state index in [1.165, 1.54) is 5.56 Å². The second-order valence-corrected chi connectivity index (χ2v) is 6.50. The third-order valence-corrected chi connectivity index (χ3v) is 4.72. The lowest BCUT2D eigenvalue weighted by atomic mass is 9.99. The lowest BCUT2D eigenvalue weighted by molar-refractivity contribution is -0.132. The topological polar surface area (TPSA) is 40.6 Å². The minimum absolute atomic E-state index is 0.0192. The van der Waals surface area contributed by atoms with Crippen molar-refractivity contribution < 1.29 is 9.59 Å². The number of benzene rings is 1. The predicted molar refractivity (Wildman–Crippen MR) is 93.4 cm³/mol. The molecular weight excluding hydrogens is 288 g/mol. The molecule has 0 spiro atoms. The van der Waals surface area contributed by atoms with Crippen LogP contribution < -0.4 is 4.90 Å². The molecular formula is C19H28N2O2. The summed E-state index contributed by atoms with van der Waals surface area (Å²) < 4.78 is 0. The van der Waals surface area contributed by atoms with E-state index in [1.54, 1.807) is 11.8 Å². The van der Waals surface area contributed by atoms with E-state index in [0.29, 0.717) is 18.9 Å². The molecule has 1 aliphatic rings. The zero-order chi connectivity index (χ0) is 16.8. The minimum atomic E-state index is -0.0192. The van der Waals surface area contributed by atoms with Crippen LogP contribution in [-0.2, 0) is 16.0 Å². The molecule has 0 N–H and O–H groups in total. The van der Waals surface area contributed by atoms with Crippen LogP contribution in [0.4, 0.5) is 5.69 Å². The van der Waals surface area contributed by atoms with Crippen LogP contribution in [0.3, 0.4) is 0 Å². The van der Waals surface area contributed by atoms with E-state index < -0.39 is 0 Å². The third kappa shape index (κ3) is 4.81. The summed E-state index contributed by atoms with van der Waals surface area (Å²) in [6.07, 6.45) is 3.54. The minimum Gasteiger partial charge on any atom is -0.343 e. The number of amides is 2. The summed E-state index contributed by atoms with van der Waals surface area (Å²) in [4.78, 5) is 27.9. The van der Waals surface area contributed by atoms with Crippen LogP contribution in [0.2, 0.25) is 0 Å². The van der Waals surface area contributed by atoms with E-state index in [-0.39, 0.29) is 11.8 Å². The zero-order valence-corrected chi connectivity index (χ0v) is 14.5. The van der Waals surface area contributed by atoms with Crippen molar-refractivity contribution in [3.63, 3.8) is 0 Å². The first-order valence-electron chi connectivity index (χ1n) is 8.66. The van der Waals surface area contributed by atoms with Gasteiger partial charge in [-0.1, -0.05) is 26.0 Å². The Hall–Kier alpha value is -1.84. The van der Waals surface area contributed by atoms with Crippen molar-refractivity contribution >= 4 is 17.5 Å². The number of nitrogens with zero attached hydrogens (tertiary/aromatic N) is 2. The van der Waals surface area contributed by atoms with E-state index in [1.807, 2.05) is 29.2 Å². The van der Waals surface area contributed by atoms with Crippen molar-refractivity contribution in [3.8, 4) is 0 Å². The summed E-state index contributed by atoms with van der Waals surface area (Å²) in [6.45, 7) is 8.05. The maximum atomic E-state index is 12.4. The number of likely N-dealkylation sites (tertiary alicyclic amines) is 1. The highest BCUT2D eigenvalue weighted by molar-refractivity contribution is 5.92. The average molecular weight is 316 g/mol. The summed E-state index contributed by atoms with van der Waals surface area (Å²) in [6, 6.07) is 8.01. The number of anilines is 1. The van der Waals surface area contributed by atoms with Gasteiger partial charge in [-0.25, -0.2) is 0 Å². The molecule has 0 saturated carbocycles. The molecule has 2 amide bonds. The average Bonchev–Trinajstić information content (AvgIpc) is 2.55. The van der Waals surface area contributed by atoms with E-state index in [9.17, 15) is 9.59 Å². The molecule has 0 unspecified atom stereocenters. The monoisotopic (exact) mass is 316 g/mol. The summed E-state index contributed by atoms with van der Waals surface area (Å²) in [5.74, 6) is 0.854. The molecule has 0 aromatic heterocycles. The fourth-order valence-electron chi connectivity index (χ4n) is 3.00. The largest absolute Gasteiger partial charge is 0.343 e. The van der Waals surface area contributed by atoms with Crippen LogP contribution in [0.25, 0.3) is 0 Å². The summed E-state index contributed by atoms with van der Waals surface area (Å²) in [7, 11) is 0. The van der Waals surface area contributed by atoms with Crippen molar-refractivity contribution in [1.82, 2.24) is 4.90 Å². The zero-order valence-electron chi connectivity index (χ0n) is 14.5. The number of rotatable bonds is 5. The van der Waals surface area contributed by atoms with E-state index in [2.05, 4.69) is 13.8 Å². The van der Waals surface area contributed by atoms with Crippen LogP contribution in [0.1, 0.15) is 45.6 Å². The van der Waals surface area contributed by atoms with Gasteiger partial charge in [-0.05, 0) is 42.9 Å². The number of carbonyl (C=O) groups is 2. The molecule has 126 valence electrons. The predicted octanol–water partition coefficient (Wildman–Crippen LogP) is 3.25. The lowest BCUT2D eigenvalue weighted by Gasteiger charge is -2.31. The molecule has 4 heteroatoms. The van der Waals surface area contributed by atoms with E-state index >= 15 is 0 Å². The second kappa shape index (κ2) is 8.14. The fraction of sp³-hybridized carbons (Fsp3) is 0.579. The van der Waals surface area contributed by atoms with Crippen molar-refractivity contribution in [3.05, 3.63) is 29.8 Å². The van der Waals surface area contributed by atoms with Gasteiger partial charge in [0.05, 0.1) is 0 Å². The van der Waals surface area contributed by atoms with Crippen LogP contribution in [-0.4, -0.2) is 36.3 Å². The van der Waals surface area contributed by atoms with Crippen LogP contribution >= 0.6 is 0 Å². The van der Waals surface area contributed by atoms with Gasteiger partial charge in [-0.15, -0.1) is 0 Å². The van der Waals surface area contributed by atoms with Gasteiger partial charge in [0.25, 0.3) is 0 Å². The Balaban J connectivity index is 1.94. The van der Waals surface area contributed by atoms with Gasteiger partial charge in [-0.2, -0.15) is 0 Å². The maximum absolute atomic E-state index is 12.4. The molecule has 23 heavy (non-hydrogen) atoms. The molecule has 0 bridgehead atoms. The Morgan fingerprint density at radius 3 is 2.30 bits per heavy atom. The number of aryl methyl sites for hydroxylation is 1. The van der Waals surface area contributed by atoms with Gasteiger partial charge in [0, 0.05) is 38.7 Å². The van der Waals surface area contributed by atoms with Crippen LogP contribution in [0.15, 0.2) is 24.3 Å². The number of hydrogen-bond donors (Lipinski definition) is 0. The van der Waals surface area contributed by atoms with Gasteiger partial charge in [0.1, 0.15) is 0 Å². The van der Waals surface area contributed by atoms with Crippen LogP contribution in [0.5, 0.6) is 0 Å². The van der Waals surface area contributed by atoms with E-state index in [0.717, 1.165) is 38.0 Å². The van der Waals surface area contributed by atoms with Crippen molar-refractivity contribution in [2.24, 2.45) is 5.92 Å². The highest BCUT2D eigenvalue weighted by Gasteiger charge is 2.21. The highest BCUT2D eigenvalue weighted by atomic mass is 16.2. The number of piperidine rings is 1. The van der Waals surface area contributed by atoms with Gasteiger partial charge in [0.2, 0.25) is 11.8 Å². The molecule has 1 aromatic carbocycles. The first kappa shape index (κ1) is 17.5. The maximum Gasteiger partial charge on any atom is 0.224 e. The van der Waals surface area contributed by atoms with Crippen molar-refractivity contribution in [2.75, 3.05) is 24.5 Å². The van der Waals surface area contributed by atoms with Crippen molar-refractivity contribution in [1.29, 1.82) is 0 Å². The summed E-state index contributed by atoms with van der Waals surface area (Å²) >= 11 is 0. The smallest absolute Gasteiger partial charge is 0.224 e. The standard InChI is InChI=1S/C19H28N2O2/c1-4-17-5-7-18(8-6-17)21(16(3)22)14-11-19(23)20-12-9-15(2)10-13-20/h5-8,15H,4,9-14H2,1-3H3. The Kier molecular flexibility index (Phi) is 6.20. The van der Waals surface area contributed by atoms with Gasteiger partial charge in [-0.3, -0.25) is 9.59 Å². The molecule has 1 heterocycles.